The minimum absolute atomic E-state index is 0.395. The van der Waals surface area contributed by atoms with Crippen LogP contribution in [0.3, 0.4) is 0 Å². The fourth-order valence-electron chi connectivity index (χ4n) is 2.52. The first kappa shape index (κ1) is 17.0. The Labute approximate surface area is 121 Å². The molecule has 0 radical (unpaired) electrons. The molecule has 0 saturated carbocycles. The van der Waals surface area contributed by atoms with Crippen LogP contribution < -0.4 is 0 Å². The van der Waals surface area contributed by atoms with Gasteiger partial charge in [-0.05, 0) is 29.7 Å². The molecule has 1 saturated heterocycles. The third-order valence-corrected chi connectivity index (χ3v) is 5.17. The van der Waals surface area contributed by atoms with Crippen LogP contribution in [0.1, 0.15) is 54.9 Å². The SMILES string of the molecule is CC(C)CN1CCN(CCC(C)(C)C(C)(C)C)CC1. The summed E-state index contributed by atoms with van der Waals surface area (Å²) in [5, 5.41) is 0. The second-order valence-electron chi connectivity index (χ2n) is 8.42. The molecule has 19 heavy (non-hydrogen) atoms. The molecule has 2 heteroatoms. The zero-order chi connectivity index (χ0) is 14.7. The molecule has 0 spiro atoms. The first-order chi connectivity index (χ1) is 8.62. The van der Waals surface area contributed by atoms with Crippen molar-refractivity contribution in [3.63, 3.8) is 0 Å². The molecule has 0 aromatic carbocycles. The second-order valence-corrected chi connectivity index (χ2v) is 8.42. The highest BCUT2D eigenvalue weighted by molar-refractivity contribution is 4.84. The van der Waals surface area contributed by atoms with Crippen LogP contribution in [0.15, 0.2) is 0 Å². The highest BCUT2D eigenvalue weighted by Gasteiger charge is 2.32. The highest BCUT2D eigenvalue weighted by Crippen LogP contribution is 2.40. The predicted octanol–water partition coefficient (Wildman–Crippen LogP) is 3.72. The Hall–Kier alpha value is -0.0800. The van der Waals surface area contributed by atoms with E-state index >= 15 is 0 Å². The Morgan fingerprint density at radius 3 is 1.74 bits per heavy atom. The van der Waals surface area contributed by atoms with Gasteiger partial charge in [0.2, 0.25) is 0 Å². The van der Waals surface area contributed by atoms with Crippen molar-refractivity contribution in [1.82, 2.24) is 9.80 Å². The first-order valence-corrected chi connectivity index (χ1v) is 8.06. The zero-order valence-corrected chi connectivity index (χ0v) is 14.4. The van der Waals surface area contributed by atoms with Gasteiger partial charge in [-0.25, -0.2) is 0 Å². The lowest BCUT2D eigenvalue weighted by atomic mass is 9.67. The van der Waals surface area contributed by atoms with Gasteiger partial charge in [0.25, 0.3) is 0 Å². The van der Waals surface area contributed by atoms with E-state index in [-0.39, 0.29) is 0 Å². The summed E-state index contributed by atoms with van der Waals surface area (Å²) >= 11 is 0. The molecule has 1 aliphatic heterocycles. The first-order valence-electron chi connectivity index (χ1n) is 8.06. The molecule has 0 aliphatic carbocycles. The summed E-state index contributed by atoms with van der Waals surface area (Å²) in [4.78, 5) is 5.28. The van der Waals surface area contributed by atoms with E-state index in [9.17, 15) is 0 Å². The van der Waals surface area contributed by atoms with Crippen molar-refractivity contribution in [2.24, 2.45) is 16.7 Å². The van der Waals surface area contributed by atoms with Gasteiger partial charge < -0.3 is 9.80 Å². The number of piperazine rings is 1. The standard InChI is InChI=1S/C17H36N2/c1-15(2)14-19-12-10-18(11-13-19)9-8-17(6,7)16(3,4)5/h15H,8-14H2,1-7H3. The summed E-state index contributed by atoms with van der Waals surface area (Å²) in [6.07, 6.45) is 1.31. The average molecular weight is 268 g/mol. The summed E-state index contributed by atoms with van der Waals surface area (Å²) in [5.41, 5.74) is 0.814. The van der Waals surface area contributed by atoms with E-state index in [1.54, 1.807) is 0 Å². The second kappa shape index (κ2) is 6.58. The Kier molecular flexibility index (Phi) is 5.88. The van der Waals surface area contributed by atoms with Gasteiger partial charge in [0.1, 0.15) is 0 Å². The van der Waals surface area contributed by atoms with Crippen LogP contribution in [-0.2, 0) is 0 Å². The maximum atomic E-state index is 2.66. The fourth-order valence-corrected chi connectivity index (χ4v) is 2.52. The molecule has 1 rings (SSSR count). The van der Waals surface area contributed by atoms with Crippen LogP contribution in [0.25, 0.3) is 0 Å². The molecule has 114 valence electrons. The predicted molar refractivity (Wildman–Crippen MR) is 85.6 cm³/mol. The lowest BCUT2D eigenvalue weighted by Gasteiger charge is -2.42. The van der Waals surface area contributed by atoms with Crippen LogP contribution >= 0.6 is 0 Å². The molecule has 0 aromatic rings. The molecule has 2 nitrogen and oxygen atoms in total. The molecule has 0 atom stereocenters. The van der Waals surface area contributed by atoms with Gasteiger partial charge in [0.05, 0.1) is 0 Å². The van der Waals surface area contributed by atoms with E-state index in [0.717, 1.165) is 5.92 Å². The van der Waals surface area contributed by atoms with Gasteiger partial charge in [0, 0.05) is 32.7 Å². The van der Waals surface area contributed by atoms with Crippen molar-refractivity contribution in [3.05, 3.63) is 0 Å². The van der Waals surface area contributed by atoms with Crippen molar-refractivity contribution < 1.29 is 0 Å². The van der Waals surface area contributed by atoms with E-state index in [1.807, 2.05) is 0 Å². The quantitative estimate of drug-likeness (QED) is 0.750. The number of nitrogens with zero attached hydrogens (tertiary/aromatic N) is 2. The van der Waals surface area contributed by atoms with E-state index in [1.165, 1.54) is 45.7 Å². The molecule has 0 bridgehead atoms. The lowest BCUT2D eigenvalue weighted by molar-refractivity contribution is 0.0740. The minimum Gasteiger partial charge on any atom is -0.301 e. The van der Waals surface area contributed by atoms with Crippen LogP contribution in [0.5, 0.6) is 0 Å². The largest absolute Gasteiger partial charge is 0.301 e. The van der Waals surface area contributed by atoms with Crippen LogP contribution in [0.2, 0.25) is 0 Å². The maximum Gasteiger partial charge on any atom is 0.0110 e. The molecule has 0 amide bonds. The van der Waals surface area contributed by atoms with Gasteiger partial charge in [-0.2, -0.15) is 0 Å². The summed E-state index contributed by atoms with van der Waals surface area (Å²) in [6, 6.07) is 0. The van der Waals surface area contributed by atoms with Gasteiger partial charge in [-0.3, -0.25) is 0 Å². The minimum atomic E-state index is 0.395. The summed E-state index contributed by atoms with van der Waals surface area (Å²) < 4.78 is 0. The van der Waals surface area contributed by atoms with Gasteiger partial charge in [-0.15, -0.1) is 0 Å². The smallest absolute Gasteiger partial charge is 0.0110 e. The topological polar surface area (TPSA) is 6.48 Å². The molecule has 1 heterocycles. The third-order valence-electron chi connectivity index (χ3n) is 5.17. The van der Waals surface area contributed by atoms with Crippen LogP contribution in [0, 0.1) is 16.7 Å². The number of hydrogen-bond donors (Lipinski definition) is 0. The summed E-state index contributed by atoms with van der Waals surface area (Å²) in [6.45, 7) is 24.1. The third kappa shape index (κ3) is 5.43. The van der Waals surface area contributed by atoms with Crippen LogP contribution in [-0.4, -0.2) is 49.1 Å². The molecule has 0 aromatic heterocycles. The molecule has 1 fully saturated rings. The number of hydrogen-bond acceptors (Lipinski definition) is 2. The van der Waals surface area contributed by atoms with E-state index < -0.39 is 0 Å². The Morgan fingerprint density at radius 2 is 1.32 bits per heavy atom. The number of rotatable bonds is 5. The molecule has 0 unspecified atom stereocenters. The van der Waals surface area contributed by atoms with Crippen molar-refractivity contribution in [3.8, 4) is 0 Å². The van der Waals surface area contributed by atoms with Crippen molar-refractivity contribution in [2.45, 2.75) is 54.9 Å². The summed E-state index contributed by atoms with van der Waals surface area (Å²) in [5.74, 6) is 0.798. The Balaban J connectivity index is 2.30. The zero-order valence-electron chi connectivity index (χ0n) is 14.4. The lowest BCUT2D eigenvalue weighted by Crippen LogP contribution is -2.48. The molecular formula is C17H36N2. The van der Waals surface area contributed by atoms with Crippen LogP contribution in [0.4, 0.5) is 0 Å². The van der Waals surface area contributed by atoms with E-state index in [2.05, 4.69) is 58.3 Å². The highest BCUT2D eigenvalue weighted by atomic mass is 15.3. The van der Waals surface area contributed by atoms with Crippen molar-refractivity contribution in [1.29, 1.82) is 0 Å². The molecule has 0 N–H and O–H groups in total. The van der Waals surface area contributed by atoms with Gasteiger partial charge >= 0.3 is 0 Å². The summed E-state index contributed by atoms with van der Waals surface area (Å²) in [7, 11) is 0. The van der Waals surface area contributed by atoms with Gasteiger partial charge in [-0.1, -0.05) is 48.5 Å². The van der Waals surface area contributed by atoms with E-state index in [0.29, 0.717) is 10.8 Å². The van der Waals surface area contributed by atoms with Crippen molar-refractivity contribution >= 4 is 0 Å². The Bertz CT molecular complexity index is 255. The van der Waals surface area contributed by atoms with E-state index in [4.69, 9.17) is 0 Å². The molecular weight excluding hydrogens is 232 g/mol. The monoisotopic (exact) mass is 268 g/mol. The maximum absolute atomic E-state index is 2.66. The molecule has 1 aliphatic rings. The van der Waals surface area contributed by atoms with Gasteiger partial charge in [0.15, 0.2) is 0 Å². The normalized spacial score (nSPS) is 20.2. The Morgan fingerprint density at radius 1 is 0.842 bits per heavy atom. The average Bonchev–Trinajstić information content (AvgIpc) is 2.26. The van der Waals surface area contributed by atoms with Crippen molar-refractivity contribution in [2.75, 3.05) is 39.3 Å². The fraction of sp³-hybridized carbons (Fsp3) is 1.00.